The molecule has 7 heteroatoms. The molecule has 1 spiro atoms. The summed E-state index contributed by atoms with van der Waals surface area (Å²) in [5, 5.41) is 2.96. The number of hydrogen-bond acceptors (Lipinski definition) is 5. The number of likely N-dealkylation sites (tertiary alicyclic amines) is 1. The van der Waals surface area contributed by atoms with E-state index in [1.54, 1.807) is 55.8 Å². The minimum atomic E-state index is -1.24. The summed E-state index contributed by atoms with van der Waals surface area (Å²) in [4.78, 5) is 33.8. The molecule has 5 rings (SSSR count). The first kappa shape index (κ1) is 20.3. The van der Waals surface area contributed by atoms with E-state index in [0.717, 1.165) is 5.56 Å². The van der Waals surface area contributed by atoms with Crippen LogP contribution in [0.3, 0.4) is 0 Å². The highest BCUT2D eigenvalue weighted by atomic mass is 19.1. The Morgan fingerprint density at radius 3 is 2.66 bits per heavy atom. The van der Waals surface area contributed by atoms with Crippen LogP contribution < -0.4 is 10.1 Å². The highest BCUT2D eigenvalue weighted by molar-refractivity contribution is 6.12. The van der Waals surface area contributed by atoms with Crippen LogP contribution in [-0.2, 0) is 10.3 Å². The lowest BCUT2D eigenvalue weighted by Gasteiger charge is -2.35. The van der Waals surface area contributed by atoms with Gasteiger partial charge in [-0.05, 0) is 55.1 Å². The van der Waals surface area contributed by atoms with E-state index in [1.165, 1.54) is 12.1 Å². The number of anilines is 1. The van der Waals surface area contributed by atoms with Gasteiger partial charge in [-0.3, -0.25) is 19.5 Å². The summed E-state index contributed by atoms with van der Waals surface area (Å²) < 4.78 is 19.1. The van der Waals surface area contributed by atoms with E-state index in [9.17, 15) is 14.0 Å². The Bertz CT molecular complexity index is 1200. The molecule has 1 fully saturated rings. The number of nitrogens with zero attached hydrogens (tertiary/aromatic N) is 2. The third-order valence-electron chi connectivity index (χ3n) is 6.65. The number of carbonyl (C=O) groups is 2. The van der Waals surface area contributed by atoms with Gasteiger partial charge in [-0.1, -0.05) is 18.2 Å². The third kappa shape index (κ3) is 2.85. The number of hydrogen-bond donors (Lipinski definition) is 1. The van der Waals surface area contributed by atoms with Gasteiger partial charge in [0, 0.05) is 29.9 Å². The molecule has 3 heterocycles. The Balaban J connectivity index is 1.74. The topological polar surface area (TPSA) is 71.5 Å². The first-order valence-corrected chi connectivity index (χ1v) is 10.4. The van der Waals surface area contributed by atoms with Crippen molar-refractivity contribution >= 4 is 17.4 Å². The second-order valence-corrected chi connectivity index (χ2v) is 8.23. The van der Waals surface area contributed by atoms with Crippen LogP contribution in [0.2, 0.25) is 0 Å². The largest absolute Gasteiger partial charge is 0.497 e. The van der Waals surface area contributed by atoms with E-state index < -0.39 is 11.5 Å². The lowest BCUT2D eigenvalue weighted by Crippen LogP contribution is -2.51. The number of ether oxygens (including phenoxy) is 1. The molecule has 0 bridgehead atoms. The van der Waals surface area contributed by atoms with Gasteiger partial charge < -0.3 is 10.1 Å². The van der Waals surface area contributed by atoms with Gasteiger partial charge in [0.2, 0.25) is 5.91 Å². The van der Waals surface area contributed by atoms with Crippen LogP contribution in [0.4, 0.5) is 10.1 Å². The zero-order chi connectivity index (χ0) is 22.5. The summed E-state index contributed by atoms with van der Waals surface area (Å²) >= 11 is 0. The predicted molar refractivity (Wildman–Crippen MR) is 117 cm³/mol. The molecule has 32 heavy (non-hydrogen) atoms. The SMILES string of the molecule is COc1ccc2c(c1)[C@@]1(C(=O)N2)[C@H](C(=O)c2ccccn2)[C@@H](c2ccc(F)cc2)CN1C. The average Bonchev–Trinajstić information content (AvgIpc) is 3.29. The first-order chi connectivity index (χ1) is 15.5. The number of Topliss-reactive ketones (excluding diaryl/α,β-unsaturated/α-hetero) is 1. The quantitative estimate of drug-likeness (QED) is 0.639. The van der Waals surface area contributed by atoms with Gasteiger partial charge in [-0.15, -0.1) is 0 Å². The first-order valence-electron chi connectivity index (χ1n) is 10.4. The number of likely N-dealkylation sites (N-methyl/N-ethyl adjacent to an activating group) is 1. The summed E-state index contributed by atoms with van der Waals surface area (Å²) in [6.45, 7) is 0.443. The Hall–Kier alpha value is -3.58. The van der Waals surface area contributed by atoms with Gasteiger partial charge in [0.05, 0.1) is 13.0 Å². The molecule has 2 aliphatic rings. The van der Waals surface area contributed by atoms with Crippen LogP contribution in [0.15, 0.2) is 66.9 Å². The molecule has 2 aliphatic heterocycles. The molecule has 3 atom stereocenters. The van der Waals surface area contributed by atoms with Crippen molar-refractivity contribution in [2.45, 2.75) is 11.5 Å². The molecule has 1 aromatic heterocycles. The van der Waals surface area contributed by atoms with Crippen molar-refractivity contribution in [3.63, 3.8) is 0 Å². The number of halogens is 1. The number of benzene rings is 2. The summed E-state index contributed by atoms with van der Waals surface area (Å²) in [6.07, 6.45) is 1.57. The maximum Gasteiger partial charge on any atom is 0.250 e. The fourth-order valence-electron chi connectivity index (χ4n) is 5.22. The molecule has 1 amide bonds. The second-order valence-electron chi connectivity index (χ2n) is 8.23. The van der Waals surface area contributed by atoms with Crippen LogP contribution in [0, 0.1) is 11.7 Å². The summed E-state index contributed by atoms with van der Waals surface area (Å²) in [6, 6.07) is 16.7. The lowest BCUT2D eigenvalue weighted by atomic mass is 9.71. The maximum atomic E-state index is 13.9. The molecule has 1 N–H and O–H groups in total. The van der Waals surface area contributed by atoms with Crippen molar-refractivity contribution in [3.05, 3.63) is 89.5 Å². The van der Waals surface area contributed by atoms with E-state index in [1.807, 2.05) is 18.0 Å². The van der Waals surface area contributed by atoms with Crippen molar-refractivity contribution in [2.24, 2.45) is 5.92 Å². The smallest absolute Gasteiger partial charge is 0.250 e. The highest BCUT2D eigenvalue weighted by Crippen LogP contribution is 2.56. The number of aromatic nitrogens is 1. The number of amides is 1. The fourth-order valence-corrected chi connectivity index (χ4v) is 5.22. The third-order valence-corrected chi connectivity index (χ3v) is 6.65. The molecule has 2 aromatic carbocycles. The average molecular weight is 431 g/mol. The highest BCUT2D eigenvalue weighted by Gasteiger charge is 2.64. The molecular formula is C25H22FN3O3. The van der Waals surface area contributed by atoms with Gasteiger partial charge in [0.1, 0.15) is 22.8 Å². The number of rotatable bonds is 4. The van der Waals surface area contributed by atoms with Gasteiger partial charge in [-0.2, -0.15) is 0 Å². The van der Waals surface area contributed by atoms with Gasteiger partial charge in [0.25, 0.3) is 0 Å². The molecule has 0 saturated carbocycles. The maximum absolute atomic E-state index is 13.9. The molecule has 6 nitrogen and oxygen atoms in total. The van der Waals surface area contributed by atoms with Crippen molar-refractivity contribution in [1.82, 2.24) is 9.88 Å². The van der Waals surface area contributed by atoms with Crippen LogP contribution in [0.25, 0.3) is 0 Å². The molecule has 0 radical (unpaired) electrons. The van der Waals surface area contributed by atoms with E-state index in [0.29, 0.717) is 29.2 Å². The minimum Gasteiger partial charge on any atom is -0.497 e. The van der Waals surface area contributed by atoms with E-state index in [-0.39, 0.29) is 23.4 Å². The predicted octanol–water partition coefficient (Wildman–Crippen LogP) is 3.61. The Kier molecular flexibility index (Phi) is 4.78. The summed E-state index contributed by atoms with van der Waals surface area (Å²) in [5.41, 5.74) is 1.21. The number of pyridine rings is 1. The van der Waals surface area contributed by atoms with Gasteiger partial charge in [-0.25, -0.2) is 4.39 Å². The standard InChI is InChI=1S/C25H22FN3O3/c1-29-14-18(15-6-8-16(26)9-7-15)22(23(30)21-5-3-4-12-27-21)25(29)19-13-17(32-2)10-11-20(19)28-24(25)31/h3-13,18,22H,14H2,1-2H3,(H,28,31)/t18-,22+,25+/m1/s1. The normalized spacial score (nSPS) is 24.4. The van der Waals surface area contributed by atoms with Crippen molar-refractivity contribution in [2.75, 3.05) is 26.0 Å². The molecule has 3 aromatic rings. The molecule has 162 valence electrons. The molecular weight excluding hydrogens is 409 g/mol. The number of ketones is 1. The Morgan fingerprint density at radius 1 is 1.19 bits per heavy atom. The van der Waals surface area contributed by atoms with Gasteiger partial charge in [0.15, 0.2) is 5.78 Å². The molecule has 0 unspecified atom stereocenters. The molecule has 1 saturated heterocycles. The number of carbonyl (C=O) groups excluding carboxylic acids is 2. The van der Waals surface area contributed by atoms with Gasteiger partial charge >= 0.3 is 0 Å². The second kappa shape index (κ2) is 7.53. The lowest BCUT2D eigenvalue weighted by molar-refractivity contribution is -0.126. The molecule has 0 aliphatic carbocycles. The van der Waals surface area contributed by atoms with Crippen LogP contribution in [0.1, 0.15) is 27.5 Å². The van der Waals surface area contributed by atoms with Crippen molar-refractivity contribution < 1.29 is 18.7 Å². The zero-order valence-corrected chi connectivity index (χ0v) is 17.7. The Labute approximate surface area is 185 Å². The van der Waals surface area contributed by atoms with E-state index in [4.69, 9.17) is 4.74 Å². The van der Waals surface area contributed by atoms with Crippen molar-refractivity contribution in [1.29, 1.82) is 0 Å². The van der Waals surface area contributed by atoms with E-state index in [2.05, 4.69) is 10.3 Å². The fraction of sp³-hybridized carbons (Fsp3) is 0.240. The number of fused-ring (bicyclic) bond motifs is 2. The summed E-state index contributed by atoms with van der Waals surface area (Å²) in [5.74, 6) is -1.34. The van der Waals surface area contributed by atoms with Crippen LogP contribution in [0.5, 0.6) is 5.75 Å². The Morgan fingerprint density at radius 2 is 1.97 bits per heavy atom. The van der Waals surface area contributed by atoms with Crippen LogP contribution in [-0.4, -0.2) is 42.3 Å². The van der Waals surface area contributed by atoms with Crippen molar-refractivity contribution in [3.8, 4) is 5.75 Å². The summed E-state index contributed by atoms with van der Waals surface area (Å²) in [7, 11) is 3.41. The number of methoxy groups -OCH3 is 1. The van der Waals surface area contributed by atoms with E-state index >= 15 is 0 Å². The van der Waals surface area contributed by atoms with Crippen LogP contribution >= 0.6 is 0 Å². The zero-order valence-electron chi connectivity index (χ0n) is 17.7. The number of nitrogens with one attached hydrogen (secondary N) is 1. The monoisotopic (exact) mass is 431 g/mol. The minimum absolute atomic E-state index is 0.227.